The third kappa shape index (κ3) is 18.0. The number of benzene rings is 1. The van der Waals surface area contributed by atoms with Crippen molar-refractivity contribution in [1.29, 1.82) is 0 Å². The van der Waals surface area contributed by atoms with Crippen molar-refractivity contribution in [2.45, 2.75) is 123 Å². The molecule has 0 unspecified atom stereocenters. The molecular weight excluding hydrogens is 439 g/mol. The summed E-state index contributed by atoms with van der Waals surface area (Å²) in [7, 11) is 0. The largest absolute Gasteiger partial charge is 0.657 e. The predicted molar refractivity (Wildman–Crippen MR) is 142 cm³/mol. The fraction of sp³-hybridized carbons (Fsp3) is 0.690. The van der Waals surface area contributed by atoms with E-state index in [1.165, 1.54) is 102 Å². The fourth-order valence-electron chi connectivity index (χ4n) is 3.92. The molecule has 5 heteroatoms. The van der Waals surface area contributed by atoms with Gasteiger partial charge in [0.15, 0.2) is 0 Å². The van der Waals surface area contributed by atoms with Gasteiger partial charge in [0.25, 0.3) is 0 Å². The van der Waals surface area contributed by atoms with Crippen LogP contribution in [0.15, 0.2) is 36.1 Å². The second kappa shape index (κ2) is 22.1. The van der Waals surface area contributed by atoms with Gasteiger partial charge in [0, 0.05) is 0 Å². The van der Waals surface area contributed by atoms with Gasteiger partial charge in [-0.15, -0.1) is 0 Å². The van der Waals surface area contributed by atoms with Crippen molar-refractivity contribution < 1.29 is 18.1 Å². The Hall–Kier alpha value is -1.44. The summed E-state index contributed by atoms with van der Waals surface area (Å²) in [4.78, 5) is 11.6. The fourth-order valence-corrected chi connectivity index (χ4v) is 3.99. The highest BCUT2D eigenvalue weighted by atomic mass is 27.1. The molecule has 4 nitrogen and oxygen atoms in total. The summed E-state index contributed by atoms with van der Waals surface area (Å²) in [6.07, 6.45) is 23.3. The van der Waals surface area contributed by atoms with Gasteiger partial charge in [-0.25, -0.2) is 4.79 Å². The average molecular weight is 487 g/mol. The first-order chi connectivity index (χ1) is 16.7. The molecule has 0 aliphatic carbocycles. The van der Waals surface area contributed by atoms with Crippen LogP contribution in [0.3, 0.4) is 0 Å². The lowest BCUT2D eigenvalue weighted by molar-refractivity contribution is -0.139. The van der Waals surface area contributed by atoms with E-state index in [1.807, 2.05) is 24.3 Å². The molecule has 0 saturated heterocycles. The topological polar surface area (TPSA) is 44.8 Å². The van der Waals surface area contributed by atoms with Gasteiger partial charge in [0.05, 0.1) is 18.4 Å². The Bertz CT molecular complexity index is 642. The molecule has 0 heterocycles. The first-order valence-corrected chi connectivity index (χ1v) is 14.1. The molecule has 0 aliphatic heterocycles. The molecular formula is C29H47AlO4. The van der Waals surface area contributed by atoms with Crippen LogP contribution in [0.1, 0.15) is 122 Å². The standard InChI is InChI=1S/C29H48O4.Al/c1-3-4-5-6-7-8-9-10-11-12-13-14-15-16-17-18-23-32-28-21-19-27(20-22-28)25-33-29(31)24-26(2)30;/h19-22,24,30H,3-18,23,25H2,1-2H3;/q;+1/p-1/b26-24-;. The highest BCUT2D eigenvalue weighted by Gasteiger charge is 2.02. The van der Waals surface area contributed by atoms with Gasteiger partial charge in [0.1, 0.15) is 12.4 Å². The number of carbonyl (C=O) groups excluding carboxylic acids is 1. The zero-order valence-corrected chi connectivity index (χ0v) is 23.0. The summed E-state index contributed by atoms with van der Waals surface area (Å²) >= 11 is 2.10. The summed E-state index contributed by atoms with van der Waals surface area (Å²) in [6, 6.07) is 7.73. The van der Waals surface area contributed by atoms with Crippen molar-refractivity contribution in [3.63, 3.8) is 0 Å². The number of carbonyl (C=O) groups is 1. The van der Waals surface area contributed by atoms with Crippen LogP contribution in [0, 0.1) is 0 Å². The van der Waals surface area contributed by atoms with Gasteiger partial charge in [-0.3, -0.25) is 0 Å². The Balaban J connectivity index is 1.91. The van der Waals surface area contributed by atoms with Crippen LogP contribution in [-0.2, 0) is 19.9 Å². The van der Waals surface area contributed by atoms with E-state index in [4.69, 9.17) is 13.3 Å². The highest BCUT2D eigenvalue weighted by Crippen LogP contribution is 2.16. The zero-order valence-electron chi connectivity index (χ0n) is 21.8. The van der Waals surface area contributed by atoms with Crippen LogP contribution < -0.4 is 4.74 Å². The number of esters is 1. The Labute approximate surface area is 217 Å². The molecule has 0 saturated carbocycles. The first kappa shape index (κ1) is 30.6. The van der Waals surface area contributed by atoms with Crippen LogP contribution in [0.5, 0.6) is 5.75 Å². The minimum atomic E-state index is -0.413. The van der Waals surface area contributed by atoms with Gasteiger partial charge in [-0.2, -0.15) is 0 Å². The van der Waals surface area contributed by atoms with Gasteiger partial charge >= 0.3 is 22.6 Å². The molecule has 0 aromatic heterocycles. The summed E-state index contributed by atoms with van der Waals surface area (Å²) in [5.74, 6) is 0.944. The molecule has 2 radical (unpaired) electrons. The lowest BCUT2D eigenvalue weighted by Gasteiger charge is -2.08. The maximum atomic E-state index is 11.6. The first-order valence-electron chi connectivity index (χ1n) is 13.6. The van der Waals surface area contributed by atoms with Gasteiger partial charge < -0.3 is 13.3 Å². The van der Waals surface area contributed by atoms with Gasteiger partial charge in [-0.05, 0) is 31.0 Å². The molecule has 1 aromatic carbocycles. The van der Waals surface area contributed by atoms with Crippen LogP contribution in [-0.4, -0.2) is 29.2 Å². The number of allylic oxidation sites excluding steroid dienone is 1. The summed E-state index contributed by atoms with van der Waals surface area (Å²) in [5, 5.41) is 0. The van der Waals surface area contributed by atoms with Crippen LogP contribution in [0.2, 0.25) is 0 Å². The van der Waals surface area contributed by atoms with E-state index in [0.29, 0.717) is 5.76 Å². The van der Waals surface area contributed by atoms with Gasteiger partial charge in [-0.1, -0.05) is 115 Å². The van der Waals surface area contributed by atoms with E-state index in [0.717, 1.165) is 24.3 Å². The van der Waals surface area contributed by atoms with Crippen molar-refractivity contribution in [3.05, 3.63) is 41.7 Å². The van der Waals surface area contributed by atoms with Gasteiger partial charge in [0.2, 0.25) is 0 Å². The monoisotopic (exact) mass is 486 g/mol. The molecule has 1 aromatic rings. The van der Waals surface area contributed by atoms with Crippen LogP contribution in [0.4, 0.5) is 0 Å². The summed E-state index contributed by atoms with van der Waals surface area (Å²) in [6.45, 7) is 4.97. The number of ether oxygens (including phenoxy) is 2. The Morgan fingerprint density at radius 1 is 0.765 bits per heavy atom. The predicted octanol–water partition coefficient (Wildman–Crippen LogP) is 8.37. The van der Waals surface area contributed by atoms with Crippen molar-refractivity contribution in [1.82, 2.24) is 0 Å². The zero-order chi connectivity index (χ0) is 24.7. The molecule has 1 rings (SSSR count). The second-order valence-corrected chi connectivity index (χ2v) is 9.51. The molecule has 0 N–H and O–H groups in total. The lowest BCUT2D eigenvalue weighted by atomic mass is 10.0. The van der Waals surface area contributed by atoms with Crippen LogP contribution in [0.25, 0.3) is 0 Å². The minimum Gasteiger partial charge on any atom is -0.657 e. The highest BCUT2D eigenvalue weighted by molar-refractivity contribution is 5.99. The lowest BCUT2D eigenvalue weighted by Crippen LogP contribution is -2.02. The van der Waals surface area contributed by atoms with Crippen LogP contribution >= 0.6 is 0 Å². The Kier molecular flexibility index (Phi) is 19.8. The minimum absolute atomic E-state index is 0.235. The van der Waals surface area contributed by atoms with Crippen molar-refractivity contribution >= 4 is 22.6 Å². The maximum absolute atomic E-state index is 11.6. The number of hydrogen-bond donors (Lipinski definition) is 0. The second-order valence-electron chi connectivity index (χ2n) is 9.28. The van der Waals surface area contributed by atoms with E-state index in [9.17, 15) is 4.79 Å². The number of rotatable bonds is 22. The summed E-state index contributed by atoms with van der Waals surface area (Å²) < 4.78 is 15.9. The molecule has 190 valence electrons. The van der Waals surface area contributed by atoms with E-state index in [-0.39, 0.29) is 6.61 Å². The Morgan fingerprint density at radius 3 is 1.71 bits per heavy atom. The molecule has 0 atom stereocenters. The van der Waals surface area contributed by atoms with Crippen molar-refractivity contribution in [2.75, 3.05) is 6.61 Å². The third-order valence-electron chi connectivity index (χ3n) is 6.08. The quantitative estimate of drug-likeness (QED) is 0.0543. The van der Waals surface area contributed by atoms with E-state index >= 15 is 0 Å². The van der Waals surface area contributed by atoms with E-state index in [1.54, 1.807) is 6.92 Å². The SMILES string of the molecule is CCCCCCCCCCCCCCCCCCOc1ccc(COC(=O)/C=C(/C)[O][Al])cc1. The number of hydrogen-bond acceptors (Lipinski definition) is 4. The smallest absolute Gasteiger partial charge is 0.481 e. The van der Waals surface area contributed by atoms with E-state index in [2.05, 4.69) is 23.5 Å². The molecule has 0 aliphatic rings. The van der Waals surface area contributed by atoms with Crippen molar-refractivity contribution in [3.8, 4) is 5.75 Å². The molecule has 0 spiro atoms. The third-order valence-corrected chi connectivity index (χ3v) is 6.45. The maximum Gasteiger partial charge on any atom is 0.481 e. The number of unbranched alkanes of at least 4 members (excludes halogenated alkanes) is 15. The normalized spacial score (nSPS) is 11.4. The summed E-state index contributed by atoms with van der Waals surface area (Å²) in [5.41, 5.74) is 0.931. The Morgan fingerprint density at radius 2 is 1.24 bits per heavy atom. The molecule has 0 fully saturated rings. The van der Waals surface area contributed by atoms with Crippen molar-refractivity contribution in [2.24, 2.45) is 0 Å². The average Bonchev–Trinajstić information content (AvgIpc) is 2.85. The van der Waals surface area contributed by atoms with E-state index < -0.39 is 5.97 Å². The molecule has 34 heavy (non-hydrogen) atoms. The molecule has 0 bridgehead atoms. The molecule has 0 amide bonds.